The molecule has 0 aromatic rings. The molecule has 0 aliphatic heterocycles. The first-order chi connectivity index (χ1) is 11.0. The maximum atomic E-state index is 11.8. The van der Waals surface area contributed by atoms with Crippen molar-refractivity contribution in [1.82, 2.24) is 0 Å². The molecule has 4 heteroatoms. The molecule has 0 aromatic heterocycles. The molecule has 0 rings (SSSR count). The van der Waals surface area contributed by atoms with Crippen LogP contribution in [-0.2, 0) is 19.1 Å². The third-order valence-electron chi connectivity index (χ3n) is 5.05. The van der Waals surface area contributed by atoms with Crippen LogP contribution in [0.2, 0.25) is 0 Å². The van der Waals surface area contributed by atoms with Gasteiger partial charge in [-0.3, -0.25) is 9.59 Å². The molecule has 0 spiro atoms. The average Bonchev–Trinajstić information content (AvgIpc) is 2.51. The molecule has 0 heterocycles. The molecular formula is C20H38O4. The van der Waals surface area contributed by atoms with Gasteiger partial charge in [-0.1, -0.05) is 54.4 Å². The van der Waals surface area contributed by atoms with E-state index in [0.717, 1.165) is 25.7 Å². The van der Waals surface area contributed by atoms with E-state index in [9.17, 15) is 9.59 Å². The summed E-state index contributed by atoms with van der Waals surface area (Å²) in [5, 5.41) is 0. The minimum Gasteiger partial charge on any atom is -0.466 e. The topological polar surface area (TPSA) is 52.6 Å². The minimum atomic E-state index is -0.220. The van der Waals surface area contributed by atoms with E-state index in [1.54, 1.807) is 0 Å². The van der Waals surface area contributed by atoms with Gasteiger partial charge in [0.15, 0.2) is 0 Å². The lowest BCUT2D eigenvalue weighted by Gasteiger charge is -2.22. The van der Waals surface area contributed by atoms with Crippen molar-refractivity contribution in [2.24, 2.45) is 10.8 Å². The normalized spacial score (nSPS) is 13.5. The number of ether oxygens (including phenoxy) is 2. The van der Waals surface area contributed by atoms with E-state index in [1.165, 1.54) is 0 Å². The van der Waals surface area contributed by atoms with Crippen LogP contribution in [0.15, 0.2) is 0 Å². The molecule has 0 aliphatic rings. The largest absolute Gasteiger partial charge is 0.466 e. The molecule has 0 N–H and O–H groups in total. The van der Waals surface area contributed by atoms with Crippen molar-refractivity contribution in [1.29, 1.82) is 0 Å². The minimum absolute atomic E-state index is 0.167. The Bertz CT molecular complexity index is 385. The molecule has 0 amide bonds. The smallest absolute Gasteiger partial charge is 0.306 e. The molecule has 0 saturated carbocycles. The summed E-state index contributed by atoms with van der Waals surface area (Å²) in [6.45, 7) is 15.0. The molecular weight excluding hydrogens is 304 g/mol. The molecule has 0 aliphatic carbocycles. The first-order valence-corrected chi connectivity index (χ1v) is 9.36. The van der Waals surface area contributed by atoms with Gasteiger partial charge in [-0.05, 0) is 30.6 Å². The molecule has 0 radical (unpaired) electrons. The van der Waals surface area contributed by atoms with Crippen LogP contribution in [0.1, 0.15) is 93.4 Å². The Morgan fingerprint density at radius 2 is 1.33 bits per heavy atom. The second-order valence-corrected chi connectivity index (χ2v) is 8.35. The summed E-state index contributed by atoms with van der Waals surface area (Å²) in [4.78, 5) is 23.6. The van der Waals surface area contributed by atoms with Crippen LogP contribution in [0.5, 0.6) is 0 Å². The van der Waals surface area contributed by atoms with E-state index < -0.39 is 0 Å². The Balaban J connectivity index is 3.88. The summed E-state index contributed by atoms with van der Waals surface area (Å²) in [7, 11) is 0. The summed E-state index contributed by atoms with van der Waals surface area (Å²) >= 11 is 0. The van der Waals surface area contributed by atoms with Gasteiger partial charge in [-0.15, -0.1) is 0 Å². The average molecular weight is 343 g/mol. The van der Waals surface area contributed by atoms with Gasteiger partial charge < -0.3 is 9.47 Å². The zero-order valence-electron chi connectivity index (χ0n) is 16.9. The number of hydrogen-bond acceptors (Lipinski definition) is 4. The highest BCUT2D eigenvalue weighted by atomic mass is 16.6. The summed E-state index contributed by atoms with van der Waals surface area (Å²) in [5.41, 5.74) is 0.345. The lowest BCUT2D eigenvalue weighted by atomic mass is 9.85. The number of carbonyl (C=O) groups excluding carboxylic acids is 2. The molecule has 0 bridgehead atoms. The lowest BCUT2D eigenvalue weighted by molar-refractivity contribution is -0.151. The van der Waals surface area contributed by atoms with Gasteiger partial charge in [0.25, 0.3) is 0 Å². The van der Waals surface area contributed by atoms with Gasteiger partial charge >= 0.3 is 11.9 Å². The lowest BCUT2D eigenvalue weighted by Crippen LogP contribution is -2.20. The van der Waals surface area contributed by atoms with Crippen molar-refractivity contribution >= 4 is 11.9 Å². The summed E-state index contributed by atoms with van der Waals surface area (Å²) < 4.78 is 10.6. The molecule has 0 saturated heterocycles. The Labute approximate surface area is 148 Å². The molecule has 0 fully saturated rings. The molecule has 4 nitrogen and oxygen atoms in total. The van der Waals surface area contributed by atoms with E-state index in [-0.39, 0.29) is 28.9 Å². The maximum absolute atomic E-state index is 11.8. The highest BCUT2D eigenvalue weighted by Crippen LogP contribution is 2.27. The second-order valence-electron chi connectivity index (χ2n) is 8.35. The van der Waals surface area contributed by atoms with Crippen molar-refractivity contribution in [2.75, 3.05) is 6.61 Å². The van der Waals surface area contributed by atoms with Gasteiger partial charge in [0.1, 0.15) is 6.10 Å². The maximum Gasteiger partial charge on any atom is 0.306 e. The highest BCUT2D eigenvalue weighted by Gasteiger charge is 2.19. The van der Waals surface area contributed by atoms with E-state index in [1.807, 2.05) is 6.92 Å². The fourth-order valence-electron chi connectivity index (χ4n) is 1.99. The van der Waals surface area contributed by atoms with Crippen LogP contribution in [0.3, 0.4) is 0 Å². The van der Waals surface area contributed by atoms with E-state index in [4.69, 9.17) is 9.47 Å². The van der Waals surface area contributed by atoms with Crippen LogP contribution in [0.4, 0.5) is 0 Å². The van der Waals surface area contributed by atoms with Crippen LogP contribution in [0.25, 0.3) is 0 Å². The van der Waals surface area contributed by atoms with Gasteiger partial charge in [0, 0.05) is 19.3 Å². The third kappa shape index (κ3) is 11.5. The molecule has 1 unspecified atom stereocenters. The fourth-order valence-corrected chi connectivity index (χ4v) is 1.99. The molecule has 24 heavy (non-hydrogen) atoms. The summed E-state index contributed by atoms with van der Waals surface area (Å²) in [5.74, 6) is -0.334. The second kappa shape index (κ2) is 10.7. The summed E-state index contributed by atoms with van der Waals surface area (Å²) in [6, 6.07) is 0. The number of hydrogen-bond donors (Lipinski definition) is 0. The predicted octanol–water partition coefficient (Wildman–Crippen LogP) is 5.28. The van der Waals surface area contributed by atoms with Crippen LogP contribution >= 0.6 is 0 Å². The van der Waals surface area contributed by atoms with Gasteiger partial charge in [0.2, 0.25) is 0 Å². The van der Waals surface area contributed by atoms with E-state index >= 15 is 0 Å². The van der Waals surface area contributed by atoms with Crippen LogP contribution in [0, 0.1) is 10.8 Å². The number of esters is 2. The zero-order chi connectivity index (χ0) is 18.8. The zero-order valence-corrected chi connectivity index (χ0v) is 16.9. The van der Waals surface area contributed by atoms with Gasteiger partial charge in [-0.2, -0.15) is 0 Å². The van der Waals surface area contributed by atoms with Crippen molar-refractivity contribution in [3.8, 4) is 0 Å². The highest BCUT2D eigenvalue weighted by molar-refractivity contribution is 5.70. The molecule has 142 valence electrons. The Hall–Kier alpha value is -1.06. The monoisotopic (exact) mass is 342 g/mol. The quantitative estimate of drug-likeness (QED) is 0.453. The van der Waals surface area contributed by atoms with Crippen LogP contribution in [-0.4, -0.2) is 24.6 Å². The Morgan fingerprint density at radius 1 is 0.875 bits per heavy atom. The fraction of sp³-hybridized carbons (Fsp3) is 0.900. The number of rotatable bonds is 12. The Kier molecular flexibility index (Phi) is 10.3. The first kappa shape index (κ1) is 22.9. The van der Waals surface area contributed by atoms with E-state index in [0.29, 0.717) is 25.9 Å². The Morgan fingerprint density at radius 3 is 1.79 bits per heavy atom. The molecule has 1 atom stereocenters. The van der Waals surface area contributed by atoms with Gasteiger partial charge in [0.05, 0.1) is 6.61 Å². The summed E-state index contributed by atoms with van der Waals surface area (Å²) in [6.07, 6.45) is 4.96. The predicted molar refractivity (Wildman–Crippen MR) is 97.7 cm³/mol. The van der Waals surface area contributed by atoms with Crippen molar-refractivity contribution < 1.29 is 19.1 Å². The third-order valence-corrected chi connectivity index (χ3v) is 5.05. The van der Waals surface area contributed by atoms with Crippen molar-refractivity contribution in [3.05, 3.63) is 0 Å². The SMILES string of the molecule is CCC(C)(C)CCC(=O)OCCC(C)OC(=O)CCC(C)(C)CC. The van der Waals surface area contributed by atoms with Gasteiger partial charge in [-0.25, -0.2) is 0 Å². The standard InChI is InChI=1S/C20H38O4/c1-8-19(4,5)13-10-17(21)23-15-12-16(3)24-18(22)11-14-20(6,7)9-2/h16H,8-15H2,1-7H3. The first-order valence-electron chi connectivity index (χ1n) is 9.36. The van der Waals surface area contributed by atoms with Crippen LogP contribution < -0.4 is 0 Å². The van der Waals surface area contributed by atoms with Crippen molar-refractivity contribution in [2.45, 2.75) is 99.5 Å². The van der Waals surface area contributed by atoms with Crippen molar-refractivity contribution in [3.63, 3.8) is 0 Å². The molecule has 0 aromatic carbocycles. The number of carbonyl (C=O) groups is 2. The van der Waals surface area contributed by atoms with E-state index in [2.05, 4.69) is 41.5 Å².